The van der Waals surface area contributed by atoms with Crippen molar-refractivity contribution in [3.8, 4) is 0 Å². The van der Waals surface area contributed by atoms with Gasteiger partial charge in [-0.2, -0.15) is 0 Å². The number of carbonyl (C=O) groups is 4. The summed E-state index contributed by atoms with van der Waals surface area (Å²) in [6.45, 7) is 9.22. The maximum Gasteiger partial charge on any atom is 0.362 e. The van der Waals surface area contributed by atoms with E-state index in [0.29, 0.717) is 59.1 Å². The van der Waals surface area contributed by atoms with Gasteiger partial charge < -0.3 is 34.0 Å². The number of methoxy groups -OCH3 is 2. The molecule has 2 saturated carbocycles. The van der Waals surface area contributed by atoms with Crippen molar-refractivity contribution in [1.82, 2.24) is 19.1 Å². The fourth-order valence-electron chi connectivity index (χ4n) is 7.59. The first-order valence-electron chi connectivity index (χ1n) is 20.1. The van der Waals surface area contributed by atoms with E-state index in [2.05, 4.69) is 48.3 Å². The molecule has 4 heterocycles. The van der Waals surface area contributed by atoms with Crippen molar-refractivity contribution in [3.63, 3.8) is 0 Å². The predicted octanol–water partition coefficient (Wildman–Crippen LogP) is 9.51. The third kappa shape index (κ3) is 8.27. The number of anilines is 4. The summed E-state index contributed by atoms with van der Waals surface area (Å²) in [5, 5.41) is 8.02. The van der Waals surface area contributed by atoms with Crippen LogP contribution in [-0.4, -0.2) is 57.2 Å². The Hall–Kier alpha value is -6.50. The van der Waals surface area contributed by atoms with Crippen molar-refractivity contribution in [2.75, 3.05) is 24.9 Å². The summed E-state index contributed by atoms with van der Waals surface area (Å²) in [5.74, 6) is -0.580. The summed E-state index contributed by atoms with van der Waals surface area (Å²) < 4.78 is 19.5. The van der Waals surface area contributed by atoms with Gasteiger partial charge in [0.05, 0.1) is 14.2 Å². The number of nitrogens with zero attached hydrogens (tertiary/aromatic N) is 4. The van der Waals surface area contributed by atoms with Crippen LogP contribution in [0.5, 0.6) is 0 Å². The van der Waals surface area contributed by atoms with Crippen LogP contribution >= 0.6 is 0 Å². The minimum atomic E-state index is -0.772. The zero-order chi connectivity index (χ0) is 41.5. The minimum Gasteiger partial charge on any atom is -0.465 e. The first-order valence-corrected chi connectivity index (χ1v) is 20.1. The molecule has 0 atom stereocenters. The Morgan fingerprint density at radius 2 is 1.02 bits per heavy atom. The highest BCUT2D eigenvalue weighted by atomic mass is 16.6. The molecule has 0 unspecified atom stereocenters. The first-order chi connectivity index (χ1) is 28.4. The topological polar surface area (TPSA) is 156 Å². The lowest BCUT2D eigenvalue weighted by Gasteiger charge is -2.15. The predicted molar refractivity (Wildman–Crippen MR) is 225 cm³/mol. The van der Waals surface area contributed by atoms with E-state index >= 15 is 0 Å². The van der Waals surface area contributed by atoms with Gasteiger partial charge in [-0.25, -0.2) is 29.1 Å². The van der Waals surface area contributed by atoms with Gasteiger partial charge >= 0.3 is 23.9 Å². The van der Waals surface area contributed by atoms with Crippen LogP contribution in [0.4, 0.5) is 23.0 Å². The second kappa shape index (κ2) is 16.0. The molecule has 2 aromatic carbocycles. The lowest BCUT2D eigenvalue weighted by Crippen LogP contribution is -2.20. The van der Waals surface area contributed by atoms with E-state index in [-0.39, 0.29) is 23.2 Å². The molecule has 2 fully saturated rings. The number of rotatable bonds is 14. The Morgan fingerprint density at radius 3 is 1.37 bits per heavy atom. The summed E-state index contributed by atoms with van der Waals surface area (Å²) >= 11 is 0. The third-order valence-electron chi connectivity index (χ3n) is 10.8. The van der Waals surface area contributed by atoms with Gasteiger partial charge in [0, 0.05) is 58.7 Å². The molecule has 0 radical (unpaired) electrons. The van der Waals surface area contributed by atoms with Crippen molar-refractivity contribution in [2.45, 2.75) is 78.3 Å². The normalized spacial score (nSPS) is 13.9. The van der Waals surface area contributed by atoms with Gasteiger partial charge in [0.25, 0.3) is 0 Å². The van der Waals surface area contributed by atoms with Crippen LogP contribution in [0.3, 0.4) is 0 Å². The molecule has 0 amide bonds. The molecular formula is C46H48N6O7. The number of carbonyl (C=O) groups excluding carboxylic acids is 4. The second-order valence-electron chi connectivity index (χ2n) is 16.4. The highest BCUT2D eigenvalue weighted by Gasteiger charge is 2.29. The molecule has 0 bridgehead atoms. The van der Waals surface area contributed by atoms with Crippen molar-refractivity contribution in [3.05, 3.63) is 107 Å². The van der Waals surface area contributed by atoms with Gasteiger partial charge in [0.2, 0.25) is 0 Å². The monoisotopic (exact) mass is 796 g/mol. The molecule has 13 heteroatoms. The molecule has 2 aliphatic rings. The standard InChI is InChI=1S/C46H48N6O7/c1-25(2)23-51-37-13-11-33(49-41-35(43(53)57-5)17-31(21-47-41)27-7-8-27)15-29(37)19-39(51)45(55)59-46(56)40-20-30-16-34(12-14-38(30)52(40)24-26(3)4)50-42-36(44(54)58-6)18-32(22-48-42)28-9-10-28/h11-22,25-28H,7-10,23-24H2,1-6H3,(H,47,49)(H,48,50). The van der Waals surface area contributed by atoms with Crippen molar-refractivity contribution >= 4 is 68.7 Å². The number of benzene rings is 2. The quantitative estimate of drug-likeness (QED) is 0.0615. The van der Waals surface area contributed by atoms with E-state index in [1.165, 1.54) is 14.2 Å². The first kappa shape index (κ1) is 39.3. The third-order valence-corrected chi connectivity index (χ3v) is 10.8. The largest absolute Gasteiger partial charge is 0.465 e. The van der Waals surface area contributed by atoms with Crippen molar-refractivity contribution in [1.29, 1.82) is 0 Å². The van der Waals surface area contributed by atoms with Crippen molar-refractivity contribution < 1.29 is 33.4 Å². The molecule has 59 heavy (non-hydrogen) atoms. The van der Waals surface area contributed by atoms with Crippen LogP contribution in [0, 0.1) is 11.8 Å². The van der Waals surface area contributed by atoms with Gasteiger partial charge in [0.15, 0.2) is 0 Å². The van der Waals surface area contributed by atoms with E-state index < -0.39 is 23.9 Å². The van der Waals surface area contributed by atoms with Crippen LogP contribution in [-0.2, 0) is 27.3 Å². The molecule has 13 nitrogen and oxygen atoms in total. The number of nitrogens with one attached hydrogen (secondary N) is 2. The van der Waals surface area contributed by atoms with Gasteiger partial charge in [-0.3, -0.25) is 0 Å². The number of ether oxygens (including phenoxy) is 3. The Balaban J connectivity index is 1.07. The molecule has 0 aliphatic heterocycles. The Kier molecular flexibility index (Phi) is 10.7. The lowest BCUT2D eigenvalue weighted by molar-refractivity contribution is 0.0381. The number of hydrogen-bond donors (Lipinski definition) is 2. The van der Waals surface area contributed by atoms with Crippen LogP contribution in [0.1, 0.15) is 118 Å². The zero-order valence-corrected chi connectivity index (χ0v) is 34.1. The number of pyridine rings is 2. The summed E-state index contributed by atoms with van der Waals surface area (Å²) in [4.78, 5) is 62.6. The minimum absolute atomic E-state index is 0.175. The fraction of sp³-hybridized carbons (Fsp3) is 0.348. The molecular weight excluding hydrogens is 749 g/mol. The Bertz CT molecular complexity index is 2450. The molecule has 2 N–H and O–H groups in total. The maximum atomic E-state index is 14.0. The number of aromatic nitrogens is 4. The van der Waals surface area contributed by atoms with Gasteiger partial charge in [-0.1, -0.05) is 27.7 Å². The molecule has 2 aliphatic carbocycles. The van der Waals surface area contributed by atoms with Crippen LogP contribution in [0.25, 0.3) is 21.8 Å². The Labute approximate surface area is 342 Å². The summed E-state index contributed by atoms with van der Waals surface area (Å²) in [6.07, 6.45) is 7.88. The van der Waals surface area contributed by atoms with Crippen LogP contribution in [0.2, 0.25) is 0 Å². The molecule has 304 valence electrons. The van der Waals surface area contributed by atoms with E-state index in [0.717, 1.165) is 58.6 Å². The summed E-state index contributed by atoms with van der Waals surface area (Å²) in [7, 11) is 2.69. The summed E-state index contributed by atoms with van der Waals surface area (Å²) in [5.41, 5.74) is 6.09. The summed E-state index contributed by atoms with van der Waals surface area (Å²) in [6, 6.07) is 18.4. The zero-order valence-electron chi connectivity index (χ0n) is 34.1. The average Bonchev–Trinajstić information content (AvgIpc) is 4.16. The maximum absolute atomic E-state index is 14.0. The number of fused-ring (bicyclic) bond motifs is 2. The van der Waals surface area contributed by atoms with Gasteiger partial charge in [-0.05, 0) is 121 Å². The average molecular weight is 797 g/mol. The smallest absolute Gasteiger partial charge is 0.362 e. The van der Waals surface area contributed by atoms with E-state index in [1.807, 2.05) is 57.7 Å². The van der Waals surface area contributed by atoms with E-state index in [9.17, 15) is 19.2 Å². The van der Waals surface area contributed by atoms with Crippen LogP contribution < -0.4 is 10.6 Å². The highest BCUT2D eigenvalue weighted by molar-refractivity contribution is 6.06. The number of hydrogen-bond acceptors (Lipinski definition) is 11. The lowest BCUT2D eigenvalue weighted by atomic mass is 10.1. The van der Waals surface area contributed by atoms with Crippen molar-refractivity contribution in [2.24, 2.45) is 11.8 Å². The van der Waals surface area contributed by atoms with E-state index in [1.54, 1.807) is 24.5 Å². The molecule has 4 aromatic heterocycles. The molecule has 6 aromatic rings. The fourth-order valence-corrected chi connectivity index (χ4v) is 7.59. The Morgan fingerprint density at radius 1 is 0.610 bits per heavy atom. The molecule has 0 saturated heterocycles. The number of esters is 4. The second-order valence-corrected chi connectivity index (χ2v) is 16.4. The molecule has 8 rings (SSSR count). The van der Waals surface area contributed by atoms with Gasteiger partial charge in [-0.15, -0.1) is 0 Å². The SMILES string of the molecule is COC(=O)c1cc(C2CC2)cnc1Nc1ccc2c(c1)cc(C(=O)OC(=O)c1cc3cc(Nc4ncc(C5CC5)cc4C(=O)OC)ccc3n1CC(C)C)n2CC(C)C. The molecule has 0 spiro atoms. The highest BCUT2D eigenvalue weighted by Crippen LogP contribution is 2.42. The van der Waals surface area contributed by atoms with Gasteiger partial charge in [0.1, 0.15) is 34.2 Å². The van der Waals surface area contributed by atoms with E-state index in [4.69, 9.17) is 14.2 Å². The van der Waals surface area contributed by atoms with Crippen LogP contribution in [0.15, 0.2) is 73.1 Å².